The number of nitrogen functional groups attached to an aromatic ring is 1. The molecule has 0 saturated carbocycles. The van der Waals surface area contributed by atoms with Crippen LogP contribution in [0.25, 0.3) is 0 Å². The Morgan fingerprint density at radius 1 is 1.31 bits per heavy atom. The Balaban J connectivity index is 2.84. The molecular formula is C13H18FNO. The lowest BCUT2D eigenvalue weighted by Gasteiger charge is -2.26. The first-order valence-electron chi connectivity index (χ1n) is 5.34. The SMILES string of the molecule is CC(C)(C)C(Cc1ccc(N)cc1)C(=O)F. The van der Waals surface area contributed by atoms with Crippen LogP contribution in [-0.2, 0) is 11.2 Å². The molecule has 1 unspecified atom stereocenters. The summed E-state index contributed by atoms with van der Waals surface area (Å²) in [5.74, 6) is -0.601. The molecule has 0 aliphatic rings. The summed E-state index contributed by atoms with van der Waals surface area (Å²) in [7, 11) is 0. The second-order valence-electron chi connectivity index (χ2n) is 5.17. The molecule has 0 aromatic heterocycles. The second-order valence-corrected chi connectivity index (χ2v) is 5.17. The van der Waals surface area contributed by atoms with Crippen molar-refractivity contribution in [1.82, 2.24) is 0 Å². The van der Waals surface area contributed by atoms with Crippen molar-refractivity contribution in [2.45, 2.75) is 27.2 Å². The normalized spacial score (nSPS) is 13.5. The van der Waals surface area contributed by atoms with Gasteiger partial charge in [-0.15, -0.1) is 0 Å². The molecule has 0 aliphatic heterocycles. The van der Waals surface area contributed by atoms with Gasteiger partial charge in [0.1, 0.15) is 0 Å². The fourth-order valence-electron chi connectivity index (χ4n) is 1.62. The van der Waals surface area contributed by atoms with Crippen LogP contribution in [-0.4, -0.2) is 6.04 Å². The largest absolute Gasteiger partial charge is 0.399 e. The highest BCUT2D eigenvalue weighted by atomic mass is 19.1. The first-order chi connectivity index (χ1) is 7.30. The van der Waals surface area contributed by atoms with E-state index in [1.807, 2.05) is 32.9 Å². The average Bonchev–Trinajstić information content (AvgIpc) is 2.14. The summed E-state index contributed by atoms with van der Waals surface area (Å²) in [6, 6.07) is 5.94. The lowest BCUT2D eigenvalue weighted by molar-refractivity contribution is -0.137. The van der Waals surface area contributed by atoms with Crippen LogP contribution in [0.3, 0.4) is 0 Å². The van der Waals surface area contributed by atoms with Gasteiger partial charge in [0.25, 0.3) is 0 Å². The minimum absolute atomic E-state index is 0.368. The number of rotatable bonds is 3. The van der Waals surface area contributed by atoms with Crippen LogP contribution >= 0.6 is 0 Å². The van der Waals surface area contributed by atoms with Gasteiger partial charge in [-0.3, -0.25) is 4.79 Å². The Morgan fingerprint density at radius 3 is 2.19 bits per heavy atom. The molecule has 1 rings (SSSR count). The van der Waals surface area contributed by atoms with E-state index in [2.05, 4.69) is 0 Å². The Hall–Kier alpha value is -1.38. The Bertz CT molecular complexity index is 365. The molecule has 1 aromatic rings. The quantitative estimate of drug-likeness (QED) is 0.632. The van der Waals surface area contributed by atoms with E-state index in [1.54, 1.807) is 12.1 Å². The summed E-state index contributed by atoms with van der Waals surface area (Å²) in [4.78, 5) is 11.0. The molecule has 1 atom stereocenters. The zero-order valence-electron chi connectivity index (χ0n) is 9.96. The second kappa shape index (κ2) is 4.64. The molecule has 0 spiro atoms. The first kappa shape index (κ1) is 12.7. The Labute approximate surface area is 95.7 Å². The lowest BCUT2D eigenvalue weighted by atomic mass is 9.77. The molecule has 0 heterocycles. The van der Waals surface area contributed by atoms with E-state index in [4.69, 9.17) is 5.73 Å². The molecule has 16 heavy (non-hydrogen) atoms. The van der Waals surface area contributed by atoms with Crippen molar-refractivity contribution in [3.05, 3.63) is 29.8 Å². The summed E-state index contributed by atoms with van der Waals surface area (Å²) < 4.78 is 13.0. The highest BCUT2D eigenvalue weighted by molar-refractivity contribution is 5.72. The highest BCUT2D eigenvalue weighted by Gasteiger charge is 2.31. The van der Waals surface area contributed by atoms with Gasteiger partial charge in [0, 0.05) is 5.69 Å². The third-order valence-electron chi connectivity index (χ3n) is 2.74. The number of anilines is 1. The smallest absolute Gasteiger partial charge is 0.305 e. The van der Waals surface area contributed by atoms with Crippen LogP contribution in [0.4, 0.5) is 10.1 Å². The highest BCUT2D eigenvalue weighted by Crippen LogP contribution is 2.30. The van der Waals surface area contributed by atoms with Crippen LogP contribution in [0, 0.1) is 11.3 Å². The average molecular weight is 223 g/mol. The van der Waals surface area contributed by atoms with Gasteiger partial charge < -0.3 is 5.73 Å². The standard InChI is InChI=1S/C13H18FNO/c1-13(2,3)11(12(14)16)8-9-4-6-10(15)7-5-9/h4-7,11H,8,15H2,1-3H3. The zero-order chi connectivity index (χ0) is 12.3. The number of halogens is 1. The van der Waals surface area contributed by atoms with Crippen molar-refractivity contribution in [3.63, 3.8) is 0 Å². The molecule has 0 amide bonds. The van der Waals surface area contributed by atoms with Crippen molar-refractivity contribution in [1.29, 1.82) is 0 Å². The van der Waals surface area contributed by atoms with E-state index in [0.717, 1.165) is 5.56 Å². The number of hydrogen-bond donors (Lipinski definition) is 1. The van der Waals surface area contributed by atoms with E-state index < -0.39 is 12.0 Å². The summed E-state index contributed by atoms with van der Waals surface area (Å²) in [6.45, 7) is 5.60. The van der Waals surface area contributed by atoms with Crippen LogP contribution in [0.5, 0.6) is 0 Å². The maximum atomic E-state index is 13.0. The van der Waals surface area contributed by atoms with Crippen molar-refractivity contribution in [3.8, 4) is 0 Å². The lowest BCUT2D eigenvalue weighted by Crippen LogP contribution is -2.28. The number of hydrogen-bond acceptors (Lipinski definition) is 2. The molecule has 2 N–H and O–H groups in total. The van der Waals surface area contributed by atoms with Gasteiger partial charge in [-0.2, -0.15) is 4.39 Å². The van der Waals surface area contributed by atoms with Crippen LogP contribution in [0.1, 0.15) is 26.3 Å². The third-order valence-corrected chi connectivity index (χ3v) is 2.74. The van der Waals surface area contributed by atoms with E-state index in [0.29, 0.717) is 12.1 Å². The van der Waals surface area contributed by atoms with Gasteiger partial charge >= 0.3 is 6.04 Å². The monoisotopic (exact) mass is 223 g/mol. The predicted octanol–water partition coefficient (Wildman–Crippen LogP) is 2.97. The summed E-state index contributed by atoms with van der Waals surface area (Å²) in [6.07, 6.45) is 0.416. The number of nitrogens with two attached hydrogens (primary N) is 1. The predicted molar refractivity (Wildman–Crippen MR) is 63.6 cm³/mol. The fourth-order valence-corrected chi connectivity index (χ4v) is 1.62. The van der Waals surface area contributed by atoms with Gasteiger partial charge in [0.2, 0.25) is 0 Å². The van der Waals surface area contributed by atoms with Gasteiger partial charge in [-0.05, 0) is 29.5 Å². The molecular weight excluding hydrogens is 205 g/mol. The molecule has 3 heteroatoms. The first-order valence-corrected chi connectivity index (χ1v) is 5.34. The van der Waals surface area contributed by atoms with Gasteiger partial charge in [-0.25, -0.2) is 0 Å². The van der Waals surface area contributed by atoms with E-state index in [-0.39, 0.29) is 5.41 Å². The minimum atomic E-state index is -1.25. The third kappa shape index (κ3) is 3.33. The van der Waals surface area contributed by atoms with Crippen LogP contribution < -0.4 is 5.73 Å². The molecule has 0 aliphatic carbocycles. The van der Waals surface area contributed by atoms with Gasteiger partial charge in [-0.1, -0.05) is 32.9 Å². The topological polar surface area (TPSA) is 43.1 Å². The number of carbonyl (C=O) groups excluding carboxylic acids is 1. The zero-order valence-corrected chi connectivity index (χ0v) is 9.96. The van der Waals surface area contributed by atoms with E-state index >= 15 is 0 Å². The van der Waals surface area contributed by atoms with Crippen molar-refractivity contribution < 1.29 is 9.18 Å². The molecule has 0 fully saturated rings. The molecule has 2 nitrogen and oxygen atoms in total. The molecule has 88 valence electrons. The van der Waals surface area contributed by atoms with Crippen LogP contribution in [0.2, 0.25) is 0 Å². The summed E-state index contributed by atoms with van der Waals surface area (Å²) in [5.41, 5.74) is 6.79. The van der Waals surface area contributed by atoms with Crippen LogP contribution in [0.15, 0.2) is 24.3 Å². The van der Waals surface area contributed by atoms with Crippen molar-refractivity contribution >= 4 is 11.7 Å². The summed E-state index contributed by atoms with van der Waals surface area (Å²) >= 11 is 0. The minimum Gasteiger partial charge on any atom is -0.399 e. The number of carbonyl (C=O) groups is 1. The molecule has 0 saturated heterocycles. The van der Waals surface area contributed by atoms with Crippen molar-refractivity contribution in [2.24, 2.45) is 11.3 Å². The van der Waals surface area contributed by atoms with E-state index in [9.17, 15) is 9.18 Å². The number of benzene rings is 1. The maximum Gasteiger partial charge on any atom is 0.305 e. The van der Waals surface area contributed by atoms with Gasteiger partial charge in [0.15, 0.2) is 0 Å². The Kier molecular flexibility index (Phi) is 3.68. The summed E-state index contributed by atoms with van der Waals surface area (Å²) in [5, 5.41) is 0. The fraction of sp³-hybridized carbons (Fsp3) is 0.462. The maximum absolute atomic E-state index is 13.0. The van der Waals surface area contributed by atoms with Crippen molar-refractivity contribution in [2.75, 3.05) is 5.73 Å². The molecule has 1 aromatic carbocycles. The Morgan fingerprint density at radius 2 is 1.81 bits per heavy atom. The van der Waals surface area contributed by atoms with Gasteiger partial charge in [0.05, 0.1) is 5.92 Å². The molecule has 0 radical (unpaired) electrons. The van der Waals surface area contributed by atoms with E-state index in [1.165, 1.54) is 0 Å². The molecule has 0 bridgehead atoms.